The molecular formula is C6H11NO5S. The Labute approximate surface area is 76.4 Å². The van der Waals surface area contributed by atoms with Crippen LogP contribution in [0.2, 0.25) is 0 Å². The van der Waals surface area contributed by atoms with E-state index in [0.717, 1.165) is 0 Å². The van der Waals surface area contributed by atoms with Gasteiger partial charge in [0.2, 0.25) is 0 Å². The zero-order valence-electron chi connectivity index (χ0n) is 7.11. The van der Waals surface area contributed by atoms with Crippen LogP contribution in [0, 0.1) is 0 Å². The first-order valence-corrected chi connectivity index (χ1v) is 4.94. The summed E-state index contributed by atoms with van der Waals surface area (Å²) >= 11 is 0. The molecule has 0 amide bonds. The van der Waals surface area contributed by atoms with Crippen molar-refractivity contribution >= 4 is 16.3 Å². The van der Waals surface area contributed by atoms with Gasteiger partial charge in [0.1, 0.15) is 0 Å². The average Bonchev–Trinajstić information content (AvgIpc) is 1.99. The van der Waals surface area contributed by atoms with Gasteiger partial charge in [-0.3, -0.25) is 4.55 Å². The van der Waals surface area contributed by atoms with Crippen molar-refractivity contribution in [3.63, 3.8) is 0 Å². The molecule has 0 aromatic heterocycles. The van der Waals surface area contributed by atoms with E-state index < -0.39 is 16.3 Å². The van der Waals surface area contributed by atoms with Crippen molar-refractivity contribution in [2.75, 3.05) is 0 Å². The highest BCUT2D eigenvalue weighted by Crippen LogP contribution is 2.02. The lowest BCUT2D eigenvalue weighted by Crippen LogP contribution is -2.26. The summed E-state index contributed by atoms with van der Waals surface area (Å²) in [7, 11) is -4.50. The minimum atomic E-state index is -4.50. The van der Waals surface area contributed by atoms with Crippen LogP contribution in [-0.2, 0) is 19.9 Å². The van der Waals surface area contributed by atoms with Crippen LogP contribution < -0.4 is 4.89 Å². The Balaban J connectivity index is 3.96. The van der Waals surface area contributed by atoms with Crippen LogP contribution in [0.3, 0.4) is 0 Å². The SMILES string of the molecule is C=C(CCC)C(=O)ONS(=O)(=O)O. The zero-order chi connectivity index (χ0) is 10.5. The Bertz CT molecular complexity index is 294. The van der Waals surface area contributed by atoms with Crippen molar-refractivity contribution in [1.82, 2.24) is 4.89 Å². The fourth-order valence-electron chi connectivity index (χ4n) is 0.567. The van der Waals surface area contributed by atoms with Crippen LogP contribution in [0.25, 0.3) is 0 Å². The third kappa shape index (κ3) is 6.26. The Morgan fingerprint density at radius 1 is 1.62 bits per heavy atom. The molecule has 0 bridgehead atoms. The first-order valence-electron chi connectivity index (χ1n) is 3.50. The molecule has 0 unspecified atom stereocenters. The van der Waals surface area contributed by atoms with Crippen LogP contribution in [0.5, 0.6) is 0 Å². The first-order chi connectivity index (χ1) is 5.87. The molecule has 76 valence electrons. The van der Waals surface area contributed by atoms with Gasteiger partial charge in [-0.2, -0.15) is 8.42 Å². The van der Waals surface area contributed by atoms with Crippen molar-refractivity contribution in [1.29, 1.82) is 0 Å². The molecule has 0 radical (unpaired) electrons. The van der Waals surface area contributed by atoms with E-state index in [1.807, 2.05) is 6.92 Å². The summed E-state index contributed by atoms with van der Waals surface area (Å²) in [5.41, 5.74) is 0.138. The third-order valence-electron chi connectivity index (χ3n) is 1.08. The van der Waals surface area contributed by atoms with E-state index >= 15 is 0 Å². The maximum Gasteiger partial charge on any atom is 0.365 e. The number of hydrogen-bond donors (Lipinski definition) is 2. The lowest BCUT2D eigenvalue weighted by atomic mass is 10.2. The van der Waals surface area contributed by atoms with Gasteiger partial charge in [-0.25, -0.2) is 4.79 Å². The van der Waals surface area contributed by atoms with Crippen LogP contribution in [0.15, 0.2) is 12.2 Å². The maximum atomic E-state index is 10.8. The molecule has 0 spiro atoms. The molecule has 0 fully saturated rings. The molecule has 0 atom stereocenters. The quantitative estimate of drug-likeness (QED) is 0.383. The monoisotopic (exact) mass is 209 g/mol. The number of carbonyl (C=O) groups is 1. The van der Waals surface area contributed by atoms with Crippen molar-refractivity contribution in [3.8, 4) is 0 Å². The molecule has 0 heterocycles. The number of hydrogen-bond acceptors (Lipinski definition) is 4. The van der Waals surface area contributed by atoms with Crippen molar-refractivity contribution < 1.29 is 22.6 Å². The molecular weight excluding hydrogens is 198 g/mol. The molecule has 7 heteroatoms. The van der Waals surface area contributed by atoms with E-state index in [1.165, 1.54) is 4.89 Å². The highest BCUT2D eigenvalue weighted by Gasteiger charge is 2.11. The highest BCUT2D eigenvalue weighted by atomic mass is 32.2. The molecule has 0 aliphatic heterocycles. The molecule has 0 aromatic rings. The molecule has 0 saturated heterocycles. The fraction of sp³-hybridized carbons (Fsp3) is 0.500. The second kappa shape index (κ2) is 4.95. The smallest absolute Gasteiger partial charge is 0.350 e. The van der Waals surface area contributed by atoms with Crippen LogP contribution in [-0.4, -0.2) is 18.9 Å². The predicted molar refractivity (Wildman–Crippen MR) is 44.8 cm³/mol. The van der Waals surface area contributed by atoms with Crippen LogP contribution in [0.1, 0.15) is 19.8 Å². The van der Waals surface area contributed by atoms with Crippen molar-refractivity contribution in [2.45, 2.75) is 19.8 Å². The Morgan fingerprint density at radius 2 is 2.15 bits per heavy atom. The van der Waals surface area contributed by atoms with Gasteiger partial charge in [0.05, 0.1) is 0 Å². The Kier molecular flexibility index (Phi) is 4.60. The predicted octanol–water partition coefficient (Wildman–Crippen LogP) is 0.193. The van der Waals surface area contributed by atoms with Crippen LogP contribution in [0.4, 0.5) is 0 Å². The molecule has 0 saturated carbocycles. The molecule has 0 aliphatic carbocycles. The standard InChI is InChI=1S/C6H11NO5S/c1-3-4-5(2)6(8)12-7-13(9,10)11/h7H,2-4H2,1H3,(H,9,10,11). The molecule has 6 nitrogen and oxygen atoms in total. The van der Waals surface area contributed by atoms with E-state index in [2.05, 4.69) is 11.4 Å². The van der Waals surface area contributed by atoms with Gasteiger partial charge in [0, 0.05) is 5.57 Å². The van der Waals surface area contributed by atoms with Gasteiger partial charge in [-0.1, -0.05) is 19.9 Å². The second-order valence-corrected chi connectivity index (χ2v) is 3.42. The second-order valence-electron chi connectivity index (χ2n) is 2.30. The highest BCUT2D eigenvalue weighted by molar-refractivity contribution is 7.83. The van der Waals surface area contributed by atoms with Gasteiger partial charge in [-0.05, 0) is 11.3 Å². The summed E-state index contributed by atoms with van der Waals surface area (Å²) in [5.74, 6) is -0.903. The Morgan fingerprint density at radius 3 is 2.54 bits per heavy atom. The van der Waals surface area contributed by atoms with E-state index in [-0.39, 0.29) is 5.57 Å². The number of carbonyl (C=O) groups excluding carboxylic acids is 1. The summed E-state index contributed by atoms with van der Waals surface area (Å²) in [5, 5.41) is 0. The molecule has 0 aliphatic rings. The van der Waals surface area contributed by atoms with E-state index in [9.17, 15) is 13.2 Å². The molecule has 2 N–H and O–H groups in total. The lowest BCUT2D eigenvalue weighted by Gasteiger charge is -2.03. The summed E-state index contributed by atoms with van der Waals surface area (Å²) in [6, 6.07) is 0. The largest absolute Gasteiger partial charge is 0.365 e. The van der Waals surface area contributed by atoms with Crippen molar-refractivity contribution in [3.05, 3.63) is 12.2 Å². The maximum absolute atomic E-state index is 10.8. The van der Waals surface area contributed by atoms with E-state index in [1.54, 1.807) is 0 Å². The van der Waals surface area contributed by atoms with Crippen LogP contribution >= 0.6 is 0 Å². The fourth-order valence-corrected chi connectivity index (χ4v) is 0.748. The van der Waals surface area contributed by atoms with Gasteiger partial charge >= 0.3 is 16.3 Å². The van der Waals surface area contributed by atoms with E-state index in [4.69, 9.17) is 4.55 Å². The number of rotatable bonds is 5. The van der Waals surface area contributed by atoms with Crippen molar-refractivity contribution in [2.24, 2.45) is 0 Å². The molecule has 0 rings (SSSR count). The zero-order valence-corrected chi connectivity index (χ0v) is 7.93. The average molecular weight is 209 g/mol. The minimum Gasteiger partial charge on any atom is -0.350 e. The van der Waals surface area contributed by atoms with Gasteiger partial charge < -0.3 is 4.84 Å². The van der Waals surface area contributed by atoms with Gasteiger partial charge in [0.25, 0.3) is 0 Å². The lowest BCUT2D eigenvalue weighted by molar-refractivity contribution is -0.142. The summed E-state index contributed by atoms with van der Waals surface area (Å²) in [6.07, 6.45) is 1.10. The summed E-state index contributed by atoms with van der Waals surface area (Å²) in [6.45, 7) is 5.18. The third-order valence-corrected chi connectivity index (χ3v) is 1.37. The van der Waals surface area contributed by atoms with E-state index in [0.29, 0.717) is 12.8 Å². The summed E-state index contributed by atoms with van der Waals surface area (Å²) in [4.78, 5) is 16.0. The van der Waals surface area contributed by atoms with Gasteiger partial charge in [0.15, 0.2) is 0 Å². The minimum absolute atomic E-state index is 0.138. The first kappa shape index (κ1) is 12.1. The summed E-state index contributed by atoms with van der Waals surface area (Å²) < 4.78 is 28.2. The topological polar surface area (TPSA) is 92.7 Å². The molecule has 0 aromatic carbocycles. The van der Waals surface area contributed by atoms with Gasteiger partial charge in [-0.15, -0.1) is 0 Å². The Hall–Kier alpha value is -0.920. The molecule has 13 heavy (non-hydrogen) atoms. The number of nitrogens with one attached hydrogen (secondary N) is 1. The normalized spacial score (nSPS) is 10.9.